The first kappa shape index (κ1) is 18.4. The fourth-order valence-electron chi connectivity index (χ4n) is 2.74. The number of nitrogens with zero attached hydrogens (tertiary/aromatic N) is 2. The Bertz CT molecular complexity index is 852. The zero-order valence-corrected chi connectivity index (χ0v) is 14.6. The highest BCUT2D eigenvalue weighted by Crippen LogP contribution is 2.21. The Labute approximate surface area is 155 Å². The quantitative estimate of drug-likeness (QED) is 0.811. The first-order chi connectivity index (χ1) is 13.0. The third-order valence-electron chi connectivity index (χ3n) is 4.16. The molecule has 0 atom stereocenters. The van der Waals surface area contributed by atoms with Crippen LogP contribution < -0.4 is 15.0 Å². The summed E-state index contributed by atoms with van der Waals surface area (Å²) in [5.41, 5.74) is 1.00. The lowest BCUT2D eigenvalue weighted by Crippen LogP contribution is -2.56. The molecular formula is C19H18FN3O4. The van der Waals surface area contributed by atoms with E-state index in [-0.39, 0.29) is 19.6 Å². The summed E-state index contributed by atoms with van der Waals surface area (Å²) in [5, 5.41) is 2.57. The van der Waals surface area contributed by atoms with Crippen molar-refractivity contribution in [1.82, 2.24) is 4.90 Å². The van der Waals surface area contributed by atoms with Crippen molar-refractivity contribution in [3.8, 4) is 5.75 Å². The largest absolute Gasteiger partial charge is 0.497 e. The summed E-state index contributed by atoms with van der Waals surface area (Å²) in [5.74, 6) is -1.66. The molecule has 27 heavy (non-hydrogen) atoms. The Morgan fingerprint density at radius 2 is 1.70 bits per heavy atom. The molecule has 7 nitrogen and oxygen atoms in total. The molecule has 0 spiro atoms. The van der Waals surface area contributed by atoms with E-state index in [1.54, 1.807) is 31.4 Å². The van der Waals surface area contributed by atoms with Gasteiger partial charge >= 0.3 is 11.8 Å². The third-order valence-corrected chi connectivity index (χ3v) is 4.16. The van der Waals surface area contributed by atoms with Crippen molar-refractivity contribution < 1.29 is 23.5 Å². The maximum Gasteiger partial charge on any atom is 0.316 e. The van der Waals surface area contributed by atoms with Crippen LogP contribution in [0.3, 0.4) is 0 Å². The molecule has 1 fully saturated rings. The molecule has 0 unspecified atom stereocenters. The van der Waals surface area contributed by atoms with E-state index in [0.29, 0.717) is 17.1 Å². The van der Waals surface area contributed by atoms with Gasteiger partial charge in [-0.15, -0.1) is 0 Å². The number of carbonyl (C=O) groups is 3. The van der Waals surface area contributed by atoms with Crippen molar-refractivity contribution in [1.29, 1.82) is 0 Å². The number of hydrogen-bond acceptors (Lipinski definition) is 4. The number of methoxy groups -OCH3 is 1. The van der Waals surface area contributed by atoms with E-state index in [1.165, 1.54) is 34.1 Å². The van der Waals surface area contributed by atoms with Crippen LogP contribution in [0.25, 0.3) is 0 Å². The number of rotatable bonds is 5. The zero-order chi connectivity index (χ0) is 19.4. The molecule has 0 bridgehead atoms. The third kappa shape index (κ3) is 4.22. The maximum atomic E-state index is 12.9. The summed E-state index contributed by atoms with van der Waals surface area (Å²) in [7, 11) is 1.54. The van der Waals surface area contributed by atoms with Gasteiger partial charge in [0.1, 0.15) is 18.1 Å². The molecule has 1 aliphatic heterocycles. The maximum absolute atomic E-state index is 12.9. The van der Waals surface area contributed by atoms with E-state index in [2.05, 4.69) is 5.32 Å². The van der Waals surface area contributed by atoms with Gasteiger partial charge in [0.25, 0.3) is 0 Å². The van der Waals surface area contributed by atoms with Crippen LogP contribution in [0.5, 0.6) is 5.75 Å². The topological polar surface area (TPSA) is 79.0 Å². The number of anilines is 2. The SMILES string of the molecule is COc1ccc(N2CCN(CC(=O)Nc3ccc(F)cc3)C(=O)C2=O)cc1. The molecule has 0 radical (unpaired) electrons. The van der Waals surface area contributed by atoms with Crippen LogP contribution in [0.4, 0.5) is 15.8 Å². The van der Waals surface area contributed by atoms with E-state index in [0.717, 1.165) is 0 Å². The molecule has 1 saturated heterocycles. The van der Waals surface area contributed by atoms with Gasteiger partial charge in [-0.05, 0) is 48.5 Å². The monoisotopic (exact) mass is 371 g/mol. The lowest BCUT2D eigenvalue weighted by Gasteiger charge is -2.33. The van der Waals surface area contributed by atoms with Gasteiger partial charge in [0.2, 0.25) is 5.91 Å². The second kappa shape index (κ2) is 7.86. The van der Waals surface area contributed by atoms with E-state index in [9.17, 15) is 18.8 Å². The van der Waals surface area contributed by atoms with Crippen molar-refractivity contribution in [3.63, 3.8) is 0 Å². The minimum absolute atomic E-state index is 0.230. The predicted molar refractivity (Wildman–Crippen MR) is 97.0 cm³/mol. The van der Waals surface area contributed by atoms with Gasteiger partial charge in [-0.3, -0.25) is 14.4 Å². The lowest BCUT2D eigenvalue weighted by atomic mass is 10.2. The zero-order valence-electron chi connectivity index (χ0n) is 14.6. The number of nitrogens with one attached hydrogen (secondary N) is 1. The molecule has 3 rings (SSSR count). The summed E-state index contributed by atoms with van der Waals surface area (Å²) in [6.07, 6.45) is 0. The van der Waals surface area contributed by atoms with E-state index >= 15 is 0 Å². The van der Waals surface area contributed by atoms with E-state index in [1.807, 2.05) is 0 Å². The molecule has 140 valence electrons. The second-order valence-electron chi connectivity index (χ2n) is 5.94. The summed E-state index contributed by atoms with van der Waals surface area (Å²) >= 11 is 0. The average Bonchev–Trinajstić information content (AvgIpc) is 2.68. The minimum atomic E-state index is -0.744. The van der Waals surface area contributed by atoms with Gasteiger partial charge < -0.3 is 19.9 Å². The number of benzene rings is 2. The normalized spacial score (nSPS) is 14.3. The Morgan fingerprint density at radius 3 is 2.33 bits per heavy atom. The van der Waals surface area contributed by atoms with Crippen LogP contribution in [-0.4, -0.2) is 49.4 Å². The molecule has 0 saturated carbocycles. The molecule has 1 N–H and O–H groups in total. The lowest BCUT2D eigenvalue weighted by molar-refractivity contribution is -0.147. The van der Waals surface area contributed by atoms with Gasteiger partial charge in [-0.1, -0.05) is 0 Å². The van der Waals surface area contributed by atoms with Crippen LogP contribution in [-0.2, 0) is 14.4 Å². The number of halogens is 1. The fourth-order valence-corrected chi connectivity index (χ4v) is 2.74. The van der Waals surface area contributed by atoms with Crippen molar-refractivity contribution in [3.05, 3.63) is 54.3 Å². The predicted octanol–water partition coefficient (Wildman–Crippen LogP) is 1.65. The molecule has 2 aromatic carbocycles. The molecule has 1 aliphatic rings. The Morgan fingerprint density at radius 1 is 1.04 bits per heavy atom. The summed E-state index contributed by atoms with van der Waals surface area (Å²) in [6, 6.07) is 12.1. The number of amides is 3. The molecule has 3 amide bonds. The van der Waals surface area contributed by atoms with E-state index in [4.69, 9.17) is 4.74 Å². The van der Waals surface area contributed by atoms with Crippen LogP contribution in [0, 0.1) is 5.82 Å². The van der Waals surface area contributed by atoms with Gasteiger partial charge in [-0.2, -0.15) is 0 Å². The molecule has 8 heteroatoms. The molecular weight excluding hydrogens is 353 g/mol. The first-order valence-electron chi connectivity index (χ1n) is 8.28. The Hall–Kier alpha value is -3.42. The van der Waals surface area contributed by atoms with Crippen LogP contribution in [0.15, 0.2) is 48.5 Å². The molecule has 2 aromatic rings. The van der Waals surface area contributed by atoms with Crippen LogP contribution in [0.2, 0.25) is 0 Å². The van der Waals surface area contributed by atoms with Crippen molar-refractivity contribution >= 4 is 29.1 Å². The Balaban J connectivity index is 1.61. The highest BCUT2D eigenvalue weighted by Gasteiger charge is 2.34. The second-order valence-corrected chi connectivity index (χ2v) is 5.94. The van der Waals surface area contributed by atoms with Crippen molar-refractivity contribution in [2.24, 2.45) is 0 Å². The van der Waals surface area contributed by atoms with Crippen molar-refractivity contribution in [2.75, 3.05) is 37.0 Å². The van der Waals surface area contributed by atoms with Crippen LogP contribution >= 0.6 is 0 Å². The smallest absolute Gasteiger partial charge is 0.316 e. The van der Waals surface area contributed by atoms with Crippen molar-refractivity contribution in [2.45, 2.75) is 0 Å². The van der Waals surface area contributed by atoms with Crippen LogP contribution in [0.1, 0.15) is 0 Å². The first-order valence-corrected chi connectivity index (χ1v) is 8.28. The van der Waals surface area contributed by atoms with E-state index < -0.39 is 23.5 Å². The fraction of sp³-hybridized carbons (Fsp3) is 0.211. The van der Waals surface area contributed by atoms with Gasteiger partial charge in [0.05, 0.1) is 7.11 Å². The molecule has 1 heterocycles. The summed E-state index contributed by atoms with van der Waals surface area (Å²) in [4.78, 5) is 39.4. The minimum Gasteiger partial charge on any atom is -0.497 e. The highest BCUT2D eigenvalue weighted by molar-refractivity contribution is 6.41. The van der Waals surface area contributed by atoms with Gasteiger partial charge in [0.15, 0.2) is 0 Å². The number of piperazine rings is 1. The molecule has 0 aliphatic carbocycles. The number of hydrogen-bond donors (Lipinski definition) is 1. The Kier molecular flexibility index (Phi) is 5.35. The number of carbonyl (C=O) groups excluding carboxylic acids is 3. The highest BCUT2D eigenvalue weighted by atomic mass is 19.1. The average molecular weight is 371 g/mol. The summed E-state index contributed by atoms with van der Waals surface area (Å²) in [6.45, 7) is 0.257. The van der Waals surface area contributed by atoms with Gasteiger partial charge in [0, 0.05) is 24.5 Å². The summed E-state index contributed by atoms with van der Waals surface area (Å²) < 4.78 is 18.0. The molecule has 0 aromatic heterocycles. The standard InChI is InChI=1S/C19H18FN3O4/c1-27-16-8-6-15(7-9-16)23-11-10-22(18(25)19(23)26)12-17(24)21-14-4-2-13(20)3-5-14/h2-9H,10-12H2,1H3,(H,21,24). The van der Waals surface area contributed by atoms with Gasteiger partial charge in [-0.25, -0.2) is 4.39 Å². The number of ether oxygens (including phenoxy) is 1.